The Bertz CT molecular complexity index is 805. The molecular formula is C22H28N2O4. The first-order valence-corrected chi connectivity index (χ1v) is 9.49. The van der Waals surface area contributed by atoms with Gasteiger partial charge < -0.3 is 24.4 Å². The van der Waals surface area contributed by atoms with Gasteiger partial charge in [0.1, 0.15) is 5.75 Å². The number of benzene rings is 2. The van der Waals surface area contributed by atoms with E-state index in [1.807, 2.05) is 41.3 Å². The third kappa shape index (κ3) is 4.75. The van der Waals surface area contributed by atoms with Crippen LogP contribution in [0.25, 0.3) is 0 Å². The molecule has 0 saturated heterocycles. The summed E-state index contributed by atoms with van der Waals surface area (Å²) in [4.78, 5) is 14.5. The molecule has 0 spiro atoms. The highest BCUT2D eigenvalue weighted by atomic mass is 16.5. The van der Waals surface area contributed by atoms with E-state index in [0.717, 1.165) is 43.0 Å². The molecule has 0 aliphatic carbocycles. The highest BCUT2D eigenvalue weighted by Crippen LogP contribution is 2.33. The molecule has 0 atom stereocenters. The van der Waals surface area contributed by atoms with Crippen molar-refractivity contribution in [3.63, 3.8) is 0 Å². The number of carbonyl (C=O) groups excluding carboxylic acids is 1. The zero-order valence-electron chi connectivity index (χ0n) is 16.8. The Balaban J connectivity index is 1.49. The minimum Gasteiger partial charge on any atom is -0.497 e. The molecule has 0 bridgehead atoms. The summed E-state index contributed by atoms with van der Waals surface area (Å²) in [6.45, 7) is 2.43. The maximum atomic E-state index is 12.6. The molecule has 0 unspecified atom stereocenters. The summed E-state index contributed by atoms with van der Waals surface area (Å²) in [5, 5.41) is 3.26. The second kappa shape index (κ2) is 9.46. The van der Waals surface area contributed by atoms with Crippen molar-refractivity contribution >= 4 is 5.91 Å². The fourth-order valence-electron chi connectivity index (χ4n) is 3.43. The number of methoxy groups -OCH3 is 3. The van der Waals surface area contributed by atoms with Gasteiger partial charge in [-0.3, -0.25) is 4.79 Å². The van der Waals surface area contributed by atoms with Crippen LogP contribution in [0.5, 0.6) is 17.2 Å². The molecule has 1 heterocycles. The van der Waals surface area contributed by atoms with Crippen LogP contribution in [0.1, 0.15) is 16.7 Å². The Morgan fingerprint density at radius 3 is 2.32 bits per heavy atom. The smallest absolute Gasteiger partial charge is 0.236 e. The summed E-state index contributed by atoms with van der Waals surface area (Å²) in [5.74, 6) is 2.41. The zero-order chi connectivity index (χ0) is 19.9. The first-order chi connectivity index (χ1) is 13.6. The largest absolute Gasteiger partial charge is 0.497 e. The fraction of sp³-hybridized carbons (Fsp3) is 0.409. The Morgan fingerprint density at radius 2 is 1.68 bits per heavy atom. The molecule has 1 amide bonds. The van der Waals surface area contributed by atoms with Crippen LogP contribution in [0.4, 0.5) is 0 Å². The lowest BCUT2D eigenvalue weighted by Crippen LogP contribution is -2.41. The molecule has 1 aliphatic heterocycles. The van der Waals surface area contributed by atoms with Gasteiger partial charge in [0.05, 0.1) is 27.9 Å². The van der Waals surface area contributed by atoms with Crippen molar-refractivity contribution in [2.24, 2.45) is 0 Å². The van der Waals surface area contributed by atoms with Gasteiger partial charge in [-0.05, 0) is 60.3 Å². The summed E-state index contributed by atoms with van der Waals surface area (Å²) in [6, 6.07) is 12.0. The van der Waals surface area contributed by atoms with Crippen LogP contribution in [-0.4, -0.2) is 51.8 Å². The molecule has 2 aromatic rings. The monoisotopic (exact) mass is 384 g/mol. The molecule has 1 aliphatic rings. The van der Waals surface area contributed by atoms with E-state index in [4.69, 9.17) is 14.2 Å². The van der Waals surface area contributed by atoms with Crippen molar-refractivity contribution in [1.29, 1.82) is 0 Å². The number of fused-ring (bicyclic) bond motifs is 1. The maximum absolute atomic E-state index is 12.6. The number of hydrogen-bond acceptors (Lipinski definition) is 5. The van der Waals surface area contributed by atoms with Crippen molar-refractivity contribution in [3.05, 3.63) is 53.1 Å². The van der Waals surface area contributed by atoms with Crippen molar-refractivity contribution < 1.29 is 19.0 Å². The number of ether oxygens (including phenoxy) is 3. The predicted molar refractivity (Wildman–Crippen MR) is 108 cm³/mol. The summed E-state index contributed by atoms with van der Waals surface area (Å²) >= 11 is 0. The van der Waals surface area contributed by atoms with Crippen LogP contribution in [-0.2, 0) is 24.2 Å². The average molecular weight is 384 g/mol. The summed E-state index contributed by atoms with van der Waals surface area (Å²) < 4.78 is 15.9. The summed E-state index contributed by atoms with van der Waals surface area (Å²) in [6.07, 6.45) is 1.70. The molecule has 0 fully saturated rings. The van der Waals surface area contributed by atoms with Crippen LogP contribution in [0, 0.1) is 0 Å². The van der Waals surface area contributed by atoms with Crippen LogP contribution in [0.3, 0.4) is 0 Å². The van der Waals surface area contributed by atoms with Crippen molar-refractivity contribution in [2.45, 2.75) is 19.4 Å². The number of nitrogens with zero attached hydrogens (tertiary/aromatic N) is 1. The lowest BCUT2D eigenvalue weighted by Gasteiger charge is -2.29. The van der Waals surface area contributed by atoms with E-state index in [1.54, 1.807) is 21.3 Å². The van der Waals surface area contributed by atoms with Crippen LogP contribution >= 0.6 is 0 Å². The van der Waals surface area contributed by atoms with Crippen molar-refractivity contribution in [3.8, 4) is 17.2 Å². The van der Waals surface area contributed by atoms with Gasteiger partial charge in [-0.15, -0.1) is 0 Å². The van der Waals surface area contributed by atoms with E-state index >= 15 is 0 Å². The van der Waals surface area contributed by atoms with Crippen molar-refractivity contribution in [1.82, 2.24) is 10.2 Å². The summed E-state index contributed by atoms with van der Waals surface area (Å²) in [5.41, 5.74) is 3.55. The van der Waals surface area contributed by atoms with Gasteiger partial charge in [-0.1, -0.05) is 12.1 Å². The molecule has 3 rings (SSSR count). The SMILES string of the molecule is COc1ccc(CCNCC(=O)N2CCc3cc(OC)c(OC)cc3C2)cc1. The average Bonchev–Trinajstić information content (AvgIpc) is 2.75. The molecule has 150 valence electrons. The fourth-order valence-corrected chi connectivity index (χ4v) is 3.43. The molecule has 6 nitrogen and oxygen atoms in total. The molecule has 0 radical (unpaired) electrons. The number of hydrogen-bond donors (Lipinski definition) is 1. The highest BCUT2D eigenvalue weighted by Gasteiger charge is 2.22. The third-order valence-electron chi connectivity index (χ3n) is 5.10. The molecule has 0 saturated carbocycles. The van der Waals surface area contributed by atoms with Gasteiger partial charge in [-0.25, -0.2) is 0 Å². The minimum absolute atomic E-state index is 0.121. The molecule has 2 aromatic carbocycles. The minimum atomic E-state index is 0.121. The molecular weight excluding hydrogens is 356 g/mol. The van der Waals surface area contributed by atoms with E-state index in [-0.39, 0.29) is 5.91 Å². The number of rotatable bonds is 8. The number of carbonyl (C=O) groups is 1. The van der Waals surface area contributed by atoms with Crippen molar-refractivity contribution in [2.75, 3.05) is 41.0 Å². The topological polar surface area (TPSA) is 60.0 Å². The van der Waals surface area contributed by atoms with E-state index in [1.165, 1.54) is 11.1 Å². The Labute approximate surface area is 166 Å². The normalized spacial score (nSPS) is 13.0. The standard InChI is InChI=1S/C22H28N2O4/c1-26-19-6-4-16(5-7-19)8-10-23-14-22(25)24-11-9-17-12-20(27-2)21(28-3)13-18(17)15-24/h4-7,12-13,23H,8-11,14-15H2,1-3H3. The van der Waals surface area contributed by atoms with Crippen LogP contribution in [0.15, 0.2) is 36.4 Å². The van der Waals surface area contributed by atoms with E-state index in [2.05, 4.69) is 5.32 Å². The van der Waals surface area contributed by atoms with Gasteiger partial charge >= 0.3 is 0 Å². The first-order valence-electron chi connectivity index (χ1n) is 9.49. The van der Waals surface area contributed by atoms with Gasteiger partial charge in [0.25, 0.3) is 0 Å². The first kappa shape index (κ1) is 20.0. The highest BCUT2D eigenvalue weighted by molar-refractivity contribution is 5.78. The van der Waals surface area contributed by atoms with E-state index < -0.39 is 0 Å². The third-order valence-corrected chi connectivity index (χ3v) is 5.10. The van der Waals surface area contributed by atoms with Gasteiger partial charge in [0.15, 0.2) is 11.5 Å². The van der Waals surface area contributed by atoms with E-state index in [0.29, 0.717) is 18.8 Å². The van der Waals surface area contributed by atoms with E-state index in [9.17, 15) is 4.79 Å². The predicted octanol–water partition coefficient (Wildman–Crippen LogP) is 2.43. The van der Waals surface area contributed by atoms with Gasteiger partial charge in [0.2, 0.25) is 5.91 Å². The number of amides is 1. The quantitative estimate of drug-likeness (QED) is 0.709. The number of nitrogens with one attached hydrogen (secondary N) is 1. The van der Waals surface area contributed by atoms with Crippen LogP contribution < -0.4 is 19.5 Å². The molecule has 1 N–H and O–H groups in total. The molecule has 0 aromatic heterocycles. The lowest BCUT2D eigenvalue weighted by atomic mass is 9.98. The van der Waals surface area contributed by atoms with Crippen LogP contribution in [0.2, 0.25) is 0 Å². The Kier molecular flexibility index (Phi) is 6.76. The Hall–Kier alpha value is -2.73. The molecule has 6 heteroatoms. The molecule has 28 heavy (non-hydrogen) atoms. The van der Waals surface area contributed by atoms with Gasteiger partial charge in [-0.2, -0.15) is 0 Å². The summed E-state index contributed by atoms with van der Waals surface area (Å²) in [7, 11) is 4.93. The Morgan fingerprint density at radius 1 is 1.00 bits per heavy atom. The van der Waals surface area contributed by atoms with Gasteiger partial charge in [0, 0.05) is 13.1 Å². The lowest BCUT2D eigenvalue weighted by molar-refractivity contribution is -0.131. The second-order valence-corrected chi connectivity index (χ2v) is 6.82. The zero-order valence-corrected chi connectivity index (χ0v) is 16.8. The maximum Gasteiger partial charge on any atom is 0.236 e. The second-order valence-electron chi connectivity index (χ2n) is 6.82.